The fraction of sp³-hybridized carbons (Fsp3) is 0.545. The Balaban J connectivity index is 2.47. The third-order valence-electron chi connectivity index (χ3n) is 2.10. The molecular weight excluding hydrogens is 178 g/mol. The van der Waals surface area contributed by atoms with Crippen molar-refractivity contribution in [1.29, 1.82) is 0 Å². The first kappa shape index (κ1) is 11.1. The monoisotopic (exact) mass is 195 g/mol. The standard InChI is InChI=1S/C11H17NO2/c1-9-5-6-12-10(8-9)11(13)4-3-7-14-2/h5-6,8,11,13H,3-4,7H2,1-2H3. The largest absolute Gasteiger partial charge is 0.387 e. The predicted octanol–water partition coefficient (Wildman–Crippen LogP) is 1.85. The van der Waals surface area contributed by atoms with E-state index in [-0.39, 0.29) is 0 Å². The second kappa shape index (κ2) is 5.73. The second-order valence-electron chi connectivity index (χ2n) is 3.41. The molecule has 0 amide bonds. The van der Waals surface area contributed by atoms with Gasteiger partial charge in [-0.3, -0.25) is 4.98 Å². The molecule has 0 aliphatic heterocycles. The molecule has 0 aliphatic carbocycles. The van der Waals surface area contributed by atoms with E-state index in [1.807, 2.05) is 19.1 Å². The molecule has 14 heavy (non-hydrogen) atoms. The normalized spacial score (nSPS) is 12.8. The zero-order chi connectivity index (χ0) is 10.4. The van der Waals surface area contributed by atoms with Crippen LogP contribution in [0, 0.1) is 6.92 Å². The van der Waals surface area contributed by atoms with E-state index in [9.17, 15) is 5.11 Å². The number of pyridine rings is 1. The van der Waals surface area contributed by atoms with Gasteiger partial charge >= 0.3 is 0 Å². The van der Waals surface area contributed by atoms with E-state index in [0.717, 1.165) is 17.7 Å². The van der Waals surface area contributed by atoms with Gasteiger partial charge in [0.05, 0.1) is 11.8 Å². The van der Waals surface area contributed by atoms with Crippen LogP contribution in [0.1, 0.15) is 30.2 Å². The third-order valence-corrected chi connectivity index (χ3v) is 2.10. The van der Waals surface area contributed by atoms with Crippen LogP contribution in [0.4, 0.5) is 0 Å². The molecule has 1 aromatic heterocycles. The Kier molecular flexibility index (Phi) is 4.56. The van der Waals surface area contributed by atoms with Crippen molar-refractivity contribution in [3.05, 3.63) is 29.6 Å². The molecule has 3 nitrogen and oxygen atoms in total. The summed E-state index contributed by atoms with van der Waals surface area (Å²) in [5, 5.41) is 9.75. The molecule has 1 heterocycles. The summed E-state index contributed by atoms with van der Waals surface area (Å²) in [5.41, 5.74) is 1.88. The summed E-state index contributed by atoms with van der Waals surface area (Å²) in [6.07, 6.45) is 2.81. The lowest BCUT2D eigenvalue weighted by molar-refractivity contribution is 0.133. The maximum Gasteiger partial charge on any atom is 0.0960 e. The number of aryl methyl sites for hydroxylation is 1. The molecule has 0 fully saturated rings. The van der Waals surface area contributed by atoms with Gasteiger partial charge in [-0.05, 0) is 37.5 Å². The Bertz CT molecular complexity index is 276. The minimum Gasteiger partial charge on any atom is -0.387 e. The van der Waals surface area contributed by atoms with Crippen LogP contribution in [0.2, 0.25) is 0 Å². The van der Waals surface area contributed by atoms with E-state index >= 15 is 0 Å². The highest BCUT2D eigenvalue weighted by atomic mass is 16.5. The average molecular weight is 195 g/mol. The first-order chi connectivity index (χ1) is 6.74. The lowest BCUT2D eigenvalue weighted by Crippen LogP contribution is -2.02. The van der Waals surface area contributed by atoms with Crippen LogP contribution in [0.3, 0.4) is 0 Å². The minimum atomic E-state index is -0.468. The number of methoxy groups -OCH3 is 1. The Morgan fingerprint density at radius 2 is 2.36 bits per heavy atom. The van der Waals surface area contributed by atoms with Gasteiger partial charge in [-0.15, -0.1) is 0 Å². The molecule has 0 spiro atoms. The SMILES string of the molecule is COCCCC(O)c1cc(C)ccn1. The van der Waals surface area contributed by atoms with Gasteiger partial charge < -0.3 is 9.84 Å². The fourth-order valence-corrected chi connectivity index (χ4v) is 1.31. The Hall–Kier alpha value is -0.930. The van der Waals surface area contributed by atoms with Crippen molar-refractivity contribution in [3.63, 3.8) is 0 Å². The van der Waals surface area contributed by atoms with Crippen molar-refractivity contribution in [2.75, 3.05) is 13.7 Å². The van der Waals surface area contributed by atoms with Gasteiger partial charge in [-0.25, -0.2) is 0 Å². The topological polar surface area (TPSA) is 42.4 Å². The number of rotatable bonds is 5. The highest BCUT2D eigenvalue weighted by molar-refractivity contribution is 5.15. The lowest BCUT2D eigenvalue weighted by Gasteiger charge is -2.09. The van der Waals surface area contributed by atoms with Gasteiger partial charge in [-0.1, -0.05) is 0 Å². The number of aliphatic hydroxyl groups is 1. The van der Waals surface area contributed by atoms with Crippen LogP contribution >= 0.6 is 0 Å². The average Bonchev–Trinajstić information content (AvgIpc) is 2.18. The molecular formula is C11H17NO2. The van der Waals surface area contributed by atoms with Crippen molar-refractivity contribution in [2.24, 2.45) is 0 Å². The van der Waals surface area contributed by atoms with Gasteiger partial charge in [0.15, 0.2) is 0 Å². The Morgan fingerprint density at radius 3 is 3.00 bits per heavy atom. The quantitative estimate of drug-likeness (QED) is 0.729. The molecule has 1 unspecified atom stereocenters. The number of aliphatic hydroxyl groups excluding tert-OH is 1. The van der Waals surface area contributed by atoms with Crippen LogP contribution < -0.4 is 0 Å². The minimum absolute atomic E-state index is 0.468. The molecule has 78 valence electrons. The third kappa shape index (κ3) is 3.44. The molecule has 0 saturated carbocycles. The maximum atomic E-state index is 9.75. The van der Waals surface area contributed by atoms with Crippen molar-refractivity contribution < 1.29 is 9.84 Å². The smallest absolute Gasteiger partial charge is 0.0960 e. The number of nitrogens with zero attached hydrogens (tertiary/aromatic N) is 1. The van der Waals surface area contributed by atoms with Gasteiger partial charge in [0, 0.05) is 19.9 Å². The van der Waals surface area contributed by atoms with E-state index < -0.39 is 6.10 Å². The molecule has 1 atom stereocenters. The van der Waals surface area contributed by atoms with Crippen molar-refractivity contribution in [3.8, 4) is 0 Å². The van der Waals surface area contributed by atoms with Crippen LogP contribution in [-0.2, 0) is 4.74 Å². The van der Waals surface area contributed by atoms with Gasteiger partial charge in [-0.2, -0.15) is 0 Å². The maximum absolute atomic E-state index is 9.75. The summed E-state index contributed by atoms with van der Waals surface area (Å²) in [6, 6.07) is 3.84. The molecule has 1 N–H and O–H groups in total. The van der Waals surface area contributed by atoms with E-state index in [0.29, 0.717) is 13.0 Å². The number of ether oxygens (including phenoxy) is 1. The molecule has 1 rings (SSSR count). The van der Waals surface area contributed by atoms with Gasteiger partial charge in [0.25, 0.3) is 0 Å². The number of hydrogen-bond acceptors (Lipinski definition) is 3. The van der Waals surface area contributed by atoms with E-state index in [1.54, 1.807) is 13.3 Å². The van der Waals surface area contributed by atoms with Gasteiger partial charge in [0.2, 0.25) is 0 Å². The summed E-state index contributed by atoms with van der Waals surface area (Å²) in [6.45, 7) is 2.68. The van der Waals surface area contributed by atoms with E-state index in [1.165, 1.54) is 0 Å². The predicted molar refractivity (Wildman–Crippen MR) is 55.0 cm³/mol. The summed E-state index contributed by atoms with van der Waals surface area (Å²) in [5.74, 6) is 0. The zero-order valence-electron chi connectivity index (χ0n) is 8.73. The molecule has 0 bridgehead atoms. The summed E-state index contributed by atoms with van der Waals surface area (Å²) < 4.78 is 4.92. The van der Waals surface area contributed by atoms with Crippen LogP contribution in [0.5, 0.6) is 0 Å². The van der Waals surface area contributed by atoms with Crippen molar-refractivity contribution in [2.45, 2.75) is 25.9 Å². The molecule has 1 aromatic rings. The zero-order valence-corrected chi connectivity index (χ0v) is 8.73. The van der Waals surface area contributed by atoms with Crippen LogP contribution in [-0.4, -0.2) is 23.8 Å². The summed E-state index contributed by atoms with van der Waals surface area (Å²) in [4.78, 5) is 4.13. The molecule has 0 radical (unpaired) electrons. The number of aromatic nitrogens is 1. The Labute approximate surface area is 84.7 Å². The van der Waals surface area contributed by atoms with Crippen molar-refractivity contribution in [1.82, 2.24) is 4.98 Å². The van der Waals surface area contributed by atoms with Crippen molar-refractivity contribution >= 4 is 0 Å². The van der Waals surface area contributed by atoms with Crippen LogP contribution in [0.15, 0.2) is 18.3 Å². The van der Waals surface area contributed by atoms with Crippen LogP contribution in [0.25, 0.3) is 0 Å². The molecule has 3 heteroatoms. The number of hydrogen-bond donors (Lipinski definition) is 1. The Morgan fingerprint density at radius 1 is 1.57 bits per heavy atom. The van der Waals surface area contributed by atoms with E-state index in [4.69, 9.17) is 4.74 Å². The molecule has 0 aromatic carbocycles. The fourth-order valence-electron chi connectivity index (χ4n) is 1.31. The summed E-state index contributed by atoms with van der Waals surface area (Å²) >= 11 is 0. The first-order valence-corrected chi connectivity index (χ1v) is 4.83. The highest BCUT2D eigenvalue weighted by Crippen LogP contribution is 2.16. The highest BCUT2D eigenvalue weighted by Gasteiger charge is 2.07. The van der Waals surface area contributed by atoms with E-state index in [2.05, 4.69) is 4.98 Å². The summed E-state index contributed by atoms with van der Waals surface area (Å²) in [7, 11) is 1.66. The van der Waals surface area contributed by atoms with Gasteiger partial charge in [0.1, 0.15) is 0 Å². The second-order valence-corrected chi connectivity index (χ2v) is 3.41. The first-order valence-electron chi connectivity index (χ1n) is 4.83. The molecule has 0 aliphatic rings. The lowest BCUT2D eigenvalue weighted by atomic mass is 10.1. The molecule has 0 saturated heterocycles.